The molecule has 0 heterocycles. The van der Waals surface area contributed by atoms with E-state index >= 15 is 0 Å². The van der Waals surface area contributed by atoms with Crippen LogP contribution in [0, 0.1) is 29.5 Å². The molecule has 0 unspecified atom stereocenters. The summed E-state index contributed by atoms with van der Waals surface area (Å²) < 4.78 is 13.1. The van der Waals surface area contributed by atoms with E-state index in [9.17, 15) is 19.1 Å². The summed E-state index contributed by atoms with van der Waals surface area (Å²) in [5.41, 5.74) is 0.367. The normalized spacial score (nSPS) is 30.4. The highest BCUT2D eigenvalue weighted by molar-refractivity contribution is 6.31. The Morgan fingerprint density at radius 3 is 2.52 bits per heavy atom. The van der Waals surface area contributed by atoms with Gasteiger partial charge in [-0.2, -0.15) is 0 Å². The lowest BCUT2D eigenvalue weighted by atomic mass is 9.78. The van der Waals surface area contributed by atoms with Crippen molar-refractivity contribution >= 4 is 29.2 Å². The van der Waals surface area contributed by atoms with E-state index in [4.69, 9.17) is 11.6 Å². The molecule has 0 spiro atoms. The molecule has 0 radical (unpaired) electrons. The molecule has 4 atom stereocenters. The van der Waals surface area contributed by atoms with Crippen LogP contribution in [-0.2, 0) is 9.59 Å². The van der Waals surface area contributed by atoms with Gasteiger partial charge in [0.25, 0.3) is 0 Å². The lowest BCUT2D eigenvalue weighted by Crippen LogP contribution is -2.43. The molecular weight excluding hydrogens is 297 g/mol. The number of carboxylic acids is 1. The fraction of sp³-hybridized carbons (Fsp3) is 0.467. The van der Waals surface area contributed by atoms with Crippen LogP contribution < -0.4 is 10.4 Å². The molecule has 2 bridgehead atoms. The molecule has 0 aromatic heterocycles. The Morgan fingerprint density at radius 2 is 1.90 bits per heavy atom. The number of anilines is 1. The molecule has 21 heavy (non-hydrogen) atoms. The third-order valence-electron chi connectivity index (χ3n) is 4.68. The van der Waals surface area contributed by atoms with Crippen molar-refractivity contribution in [2.24, 2.45) is 23.7 Å². The van der Waals surface area contributed by atoms with Gasteiger partial charge in [0, 0.05) is 23.5 Å². The van der Waals surface area contributed by atoms with E-state index in [1.54, 1.807) is 0 Å². The first-order valence-electron chi connectivity index (χ1n) is 6.94. The number of aliphatic carboxylic acids is 1. The minimum atomic E-state index is -1.15. The van der Waals surface area contributed by atoms with Crippen molar-refractivity contribution in [1.82, 2.24) is 0 Å². The van der Waals surface area contributed by atoms with Gasteiger partial charge in [-0.15, -0.1) is 0 Å². The molecular formula is C15H14ClFNO3-. The largest absolute Gasteiger partial charge is 0.550 e. The number of amides is 1. The topological polar surface area (TPSA) is 69.2 Å². The van der Waals surface area contributed by atoms with Crippen molar-refractivity contribution < 1.29 is 19.1 Å². The van der Waals surface area contributed by atoms with Crippen molar-refractivity contribution in [3.05, 3.63) is 29.0 Å². The van der Waals surface area contributed by atoms with Crippen LogP contribution in [-0.4, -0.2) is 11.9 Å². The molecule has 1 N–H and O–H groups in total. The fourth-order valence-electron chi connectivity index (χ4n) is 3.81. The van der Waals surface area contributed by atoms with Crippen LogP contribution in [0.4, 0.5) is 10.1 Å². The molecule has 2 fully saturated rings. The average molecular weight is 311 g/mol. The Morgan fingerprint density at radius 1 is 1.24 bits per heavy atom. The molecule has 4 nitrogen and oxygen atoms in total. The molecule has 0 aliphatic heterocycles. The number of carbonyl (C=O) groups is 2. The van der Waals surface area contributed by atoms with Gasteiger partial charge in [-0.05, 0) is 49.3 Å². The molecule has 3 rings (SSSR count). The summed E-state index contributed by atoms with van der Waals surface area (Å²) in [4.78, 5) is 23.7. The Labute approximate surface area is 126 Å². The third-order valence-corrected chi connectivity index (χ3v) is 4.97. The van der Waals surface area contributed by atoms with Gasteiger partial charge in [-0.1, -0.05) is 11.6 Å². The highest BCUT2D eigenvalue weighted by Gasteiger charge is 2.51. The molecule has 2 aliphatic carbocycles. The summed E-state index contributed by atoms with van der Waals surface area (Å²) in [5.74, 6) is -3.24. The quantitative estimate of drug-likeness (QED) is 0.926. The third kappa shape index (κ3) is 2.50. The predicted molar refractivity (Wildman–Crippen MR) is 72.9 cm³/mol. The Hall–Kier alpha value is -1.62. The first-order chi connectivity index (χ1) is 9.97. The van der Waals surface area contributed by atoms with E-state index in [1.165, 1.54) is 12.1 Å². The van der Waals surface area contributed by atoms with Crippen molar-refractivity contribution in [2.75, 3.05) is 5.32 Å². The standard InChI is InChI=1S/C15H15ClFNO3/c16-10-6-9(3-4-11(10)17)18-14(19)12-7-1-2-8(5-7)13(12)15(20)21/h3-4,6-8,12-13H,1-2,5H2,(H,18,19)(H,20,21)/p-1/t7-,8+,12+,13+/m1/s1. The number of nitrogens with one attached hydrogen (secondary N) is 1. The van der Waals surface area contributed by atoms with Crippen LogP contribution in [0.1, 0.15) is 19.3 Å². The number of fused-ring (bicyclic) bond motifs is 2. The van der Waals surface area contributed by atoms with Crippen molar-refractivity contribution in [3.8, 4) is 0 Å². The van der Waals surface area contributed by atoms with Crippen LogP contribution >= 0.6 is 11.6 Å². The summed E-state index contributed by atoms with van der Waals surface area (Å²) >= 11 is 5.67. The minimum absolute atomic E-state index is 0.0348. The van der Waals surface area contributed by atoms with Gasteiger partial charge in [-0.3, -0.25) is 4.79 Å². The average Bonchev–Trinajstić information content (AvgIpc) is 3.03. The maximum absolute atomic E-state index is 13.1. The first-order valence-corrected chi connectivity index (χ1v) is 7.32. The number of hydrogen-bond acceptors (Lipinski definition) is 3. The number of carboxylic acid groups (broad SMARTS) is 1. The number of rotatable bonds is 3. The highest BCUT2D eigenvalue weighted by atomic mass is 35.5. The maximum Gasteiger partial charge on any atom is 0.228 e. The van der Waals surface area contributed by atoms with Gasteiger partial charge in [0.2, 0.25) is 5.91 Å². The second-order valence-corrected chi connectivity index (χ2v) is 6.23. The van der Waals surface area contributed by atoms with E-state index in [0.717, 1.165) is 25.3 Å². The highest BCUT2D eigenvalue weighted by Crippen LogP contribution is 2.52. The summed E-state index contributed by atoms with van der Waals surface area (Å²) in [5, 5.41) is 13.9. The van der Waals surface area contributed by atoms with Gasteiger partial charge in [0.05, 0.1) is 5.02 Å². The summed E-state index contributed by atoms with van der Waals surface area (Å²) in [7, 11) is 0. The zero-order chi connectivity index (χ0) is 15.1. The second kappa shape index (κ2) is 5.30. The number of carbonyl (C=O) groups excluding carboxylic acids is 2. The minimum Gasteiger partial charge on any atom is -0.550 e. The van der Waals surface area contributed by atoms with E-state index < -0.39 is 23.6 Å². The maximum atomic E-state index is 13.1. The smallest absolute Gasteiger partial charge is 0.228 e. The molecule has 112 valence electrons. The number of halogens is 2. The number of hydrogen-bond donors (Lipinski definition) is 1. The monoisotopic (exact) mass is 310 g/mol. The van der Waals surface area contributed by atoms with Crippen molar-refractivity contribution in [1.29, 1.82) is 0 Å². The molecule has 2 aliphatic rings. The Balaban J connectivity index is 1.78. The van der Waals surface area contributed by atoms with Gasteiger partial charge in [0.1, 0.15) is 5.82 Å². The van der Waals surface area contributed by atoms with Crippen LogP contribution in [0.25, 0.3) is 0 Å². The van der Waals surface area contributed by atoms with E-state index in [-0.39, 0.29) is 22.8 Å². The van der Waals surface area contributed by atoms with Crippen LogP contribution in [0.5, 0.6) is 0 Å². The summed E-state index contributed by atoms with van der Waals surface area (Å²) in [6, 6.07) is 3.88. The zero-order valence-corrected chi connectivity index (χ0v) is 11.9. The molecule has 6 heteroatoms. The van der Waals surface area contributed by atoms with Crippen LogP contribution in [0.2, 0.25) is 5.02 Å². The lowest BCUT2D eigenvalue weighted by molar-refractivity contribution is -0.314. The molecule has 0 saturated heterocycles. The fourth-order valence-corrected chi connectivity index (χ4v) is 3.99. The summed E-state index contributed by atoms with van der Waals surface area (Å²) in [6.07, 6.45) is 2.48. The summed E-state index contributed by atoms with van der Waals surface area (Å²) in [6.45, 7) is 0. The molecule has 1 amide bonds. The first kappa shape index (κ1) is 14.3. The lowest BCUT2D eigenvalue weighted by Gasteiger charge is -2.30. The number of benzene rings is 1. The van der Waals surface area contributed by atoms with Gasteiger partial charge in [0.15, 0.2) is 0 Å². The Bertz CT molecular complexity index is 607. The molecule has 2 saturated carbocycles. The SMILES string of the molecule is O=C([O-])[C@H]1[C@H]2CC[C@H](C2)[C@@H]1C(=O)Nc1ccc(F)c(Cl)c1. The van der Waals surface area contributed by atoms with Crippen molar-refractivity contribution in [3.63, 3.8) is 0 Å². The van der Waals surface area contributed by atoms with Gasteiger partial charge >= 0.3 is 0 Å². The van der Waals surface area contributed by atoms with Crippen LogP contribution in [0.3, 0.4) is 0 Å². The second-order valence-electron chi connectivity index (χ2n) is 5.82. The van der Waals surface area contributed by atoms with E-state index in [0.29, 0.717) is 5.69 Å². The molecule has 1 aromatic rings. The van der Waals surface area contributed by atoms with Crippen LogP contribution in [0.15, 0.2) is 18.2 Å². The van der Waals surface area contributed by atoms with E-state index in [2.05, 4.69) is 5.32 Å². The molecule has 1 aromatic carbocycles. The van der Waals surface area contributed by atoms with Crippen molar-refractivity contribution in [2.45, 2.75) is 19.3 Å². The van der Waals surface area contributed by atoms with Gasteiger partial charge < -0.3 is 15.2 Å². The predicted octanol–water partition coefficient (Wildman–Crippen LogP) is 1.83. The van der Waals surface area contributed by atoms with E-state index in [1.807, 2.05) is 0 Å². The Kier molecular flexibility index (Phi) is 3.61. The zero-order valence-electron chi connectivity index (χ0n) is 11.1. The van der Waals surface area contributed by atoms with Gasteiger partial charge in [-0.25, -0.2) is 4.39 Å².